The maximum absolute atomic E-state index is 12.6. The summed E-state index contributed by atoms with van der Waals surface area (Å²) in [5, 5.41) is 0. The quantitative estimate of drug-likeness (QED) is 0.743. The first-order chi connectivity index (χ1) is 14.1. The van der Waals surface area contributed by atoms with E-state index in [0.29, 0.717) is 31.2 Å². The zero-order valence-corrected chi connectivity index (χ0v) is 17.1. The number of aliphatic imine (C=N–C) groups is 1. The Balaban J connectivity index is 1.36. The van der Waals surface area contributed by atoms with Gasteiger partial charge in [0, 0.05) is 37.1 Å². The monoisotopic (exact) mass is 392 g/mol. The molecule has 152 valence electrons. The van der Waals surface area contributed by atoms with Gasteiger partial charge in [-0.1, -0.05) is 44.2 Å². The summed E-state index contributed by atoms with van der Waals surface area (Å²) in [4.78, 5) is 21.6. The van der Waals surface area contributed by atoms with Crippen LogP contribution < -0.4 is 0 Å². The summed E-state index contributed by atoms with van der Waals surface area (Å²) < 4.78 is 11.7. The number of hydrogen-bond acceptors (Lipinski definition) is 5. The lowest BCUT2D eigenvalue weighted by molar-refractivity contribution is -0.118. The van der Waals surface area contributed by atoms with E-state index in [0.717, 1.165) is 36.5 Å². The molecule has 0 spiro atoms. The van der Waals surface area contributed by atoms with Gasteiger partial charge in [0.1, 0.15) is 11.9 Å². The van der Waals surface area contributed by atoms with E-state index in [1.807, 2.05) is 30.5 Å². The molecule has 4 rings (SSSR count). The molecule has 2 aliphatic rings. The number of rotatable bonds is 6. The van der Waals surface area contributed by atoms with E-state index in [1.165, 1.54) is 5.56 Å². The van der Waals surface area contributed by atoms with Crippen LogP contribution in [-0.2, 0) is 27.2 Å². The van der Waals surface area contributed by atoms with E-state index in [2.05, 4.69) is 36.0 Å². The van der Waals surface area contributed by atoms with E-state index >= 15 is 0 Å². The SMILES string of the molecule is CC1COCCC1OC1=NCc2cc(CC(=O)C[C@H](C)c3ccccc3)ncc21. The lowest BCUT2D eigenvalue weighted by Gasteiger charge is -2.29. The standard InChI is InChI=1S/C24H28N2O3/c1-16(18-6-4-3-5-7-18)10-21(27)12-20-11-19-13-26-24(22(19)14-25-20)29-23-8-9-28-15-17(23)2/h3-7,11,14,16-17,23H,8-10,12-13,15H2,1-2H3/t16-,17?,23?/m0/s1. The van der Waals surface area contributed by atoms with Crippen molar-refractivity contribution >= 4 is 11.7 Å². The Hall–Kier alpha value is -2.53. The Kier molecular flexibility index (Phi) is 6.05. The molecule has 2 aromatic rings. The van der Waals surface area contributed by atoms with Crippen molar-refractivity contribution in [3.8, 4) is 0 Å². The van der Waals surface area contributed by atoms with Crippen LogP contribution in [-0.4, -0.2) is 36.0 Å². The molecule has 3 atom stereocenters. The summed E-state index contributed by atoms with van der Waals surface area (Å²) in [5.74, 6) is 1.46. The van der Waals surface area contributed by atoms with Crippen LogP contribution >= 0.6 is 0 Å². The zero-order valence-electron chi connectivity index (χ0n) is 17.1. The molecule has 0 radical (unpaired) electrons. The first-order valence-electron chi connectivity index (χ1n) is 10.4. The molecule has 0 aliphatic carbocycles. The van der Waals surface area contributed by atoms with E-state index in [1.54, 1.807) is 0 Å². The number of ether oxygens (including phenoxy) is 2. The summed E-state index contributed by atoms with van der Waals surface area (Å²) in [5.41, 5.74) is 4.05. The summed E-state index contributed by atoms with van der Waals surface area (Å²) in [6.07, 6.45) is 3.71. The molecule has 3 heterocycles. The molecule has 1 saturated heterocycles. The smallest absolute Gasteiger partial charge is 0.218 e. The molecule has 5 nitrogen and oxygen atoms in total. The lowest BCUT2D eigenvalue weighted by Crippen LogP contribution is -2.34. The van der Waals surface area contributed by atoms with Gasteiger partial charge in [0.25, 0.3) is 0 Å². The number of Topliss-reactive ketones (excluding diaryl/α,β-unsaturated/α-hetero) is 1. The fourth-order valence-electron chi connectivity index (χ4n) is 4.00. The third-order valence-corrected chi connectivity index (χ3v) is 5.78. The highest BCUT2D eigenvalue weighted by Gasteiger charge is 2.28. The number of carbonyl (C=O) groups excluding carboxylic acids is 1. The maximum atomic E-state index is 12.6. The minimum absolute atomic E-state index is 0.133. The molecule has 1 fully saturated rings. The molecule has 0 amide bonds. The average molecular weight is 392 g/mol. The molecule has 0 bridgehead atoms. The molecule has 1 aromatic carbocycles. The number of aromatic nitrogens is 1. The molecule has 29 heavy (non-hydrogen) atoms. The van der Waals surface area contributed by atoms with Crippen LogP contribution in [0.15, 0.2) is 47.6 Å². The maximum Gasteiger partial charge on any atom is 0.218 e. The van der Waals surface area contributed by atoms with Gasteiger partial charge in [-0.2, -0.15) is 0 Å². The Morgan fingerprint density at radius 1 is 1.31 bits per heavy atom. The van der Waals surface area contributed by atoms with Crippen LogP contribution in [0.5, 0.6) is 0 Å². The van der Waals surface area contributed by atoms with Gasteiger partial charge in [0.15, 0.2) is 0 Å². The fourth-order valence-corrected chi connectivity index (χ4v) is 4.00. The first kappa shape index (κ1) is 19.8. The van der Waals surface area contributed by atoms with Crippen LogP contribution in [0.2, 0.25) is 0 Å². The first-order valence-corrected chi connectivity index (χ1v) is 10.4. The number of ketones is 1. The van der Waals surface area contributed by atoms with E-state index in [-0.39, 0.29) is 17.8 Å². The van der Waals surface area contributed by atoms with Crippen molar-refractivity contribution in [3.05, 3.63) is 65.0 Å². The summed E-state index contributed by atoms with van der Waals surface area (Å²) in [7, 11) is 0. The van der Waals surface area contributed by atoms with Crippen molar-refractivity contribution in [2.24, 2.45) is 10.9 Å². The second-order valence-electron chi connectivity index (χ2n) is 8.18. The van der Waals surface area contributed by atoms with Gasteiger partial charge < -0.3 is 9.47 Å². The molecular weight excluding hydrogens is 364 g/mol. The van der Waals surface area contributed by atoms with Crippen LogP contribution in [0.25, 0.3) is 0 Å². The fraction of sp³-hybridized carbons (Fsp3) is 0.458. The van der Waals surface area contributed by atoms with Crippen molar-refractivity contribution in [1.29, 1.82) is 0 Å². The van der Waals surface area contributed by atoms with Gasteiger partial charge in [-0.3, -0.25) is 9.78 Å². The molecule has 0 saturated carbocycles. The van der Waals surface area contributed by atoms with Gasteiger partial charge in [-0.15, -0.1) is 0 Å². The molecule has 5 heteroatoms. The highest BCUT2D eigenvalue weighted by molar-refractivity contribution is 5.97. The van der Waals surface area contributed by atoms with E-state index in [9.17, 15) is 4.79 Å². The van der Waals surface area contributed by atoms with Crippen molar-refractivity contribution in [2.45, 2.75) is 51.7 Å². The number of hydrogen-bond donors (Lipinski definition) is 0. The molecule has 2 unspecified atom stereocenters. The Labute approximate surface area is 172 Å². The second kappa shape index (κ2) is 8.87. The van der Waals surface area contributed by atoms with Crippen LogP contribution in [0.4, 0.5) is 0 Å². The predicted molar refractivity (Wildman–Crippen MR) is 112 cm³/mol. The molecule has 0 N–H and O–H groups in total. The summed E-state index contributed by atoms with van der Waals surface area (Å²) in [6.45, 7) is 6.29. The van der Waals surface area contributed by atoms with Crippen LogP contribution in [0.1, 0.15) is 55.0 Å². The summed E-state index contributed by atoms with van der Waals surface area (Å²) >= 11 is 0. The van der Waals surface area contributed by atoms with Gasteiger partial charge in [-0.25, -0.2) is 4.99 Å². The Morgan fingerprint density at radius 2 is 2.14 bits per heavy atom. The largest absolute Gasteiger partial charge is 0.474 e. The van der Waals surface area contributed by atoms with Gasteiger partial charge in [0.05, 0.1) is 25.3 Å². The Bertz CT molecular complexity index is 894. The third kappa shape index (κ3) is 4.73. The molecule has 2 aliphatic heterocycles. The molecular formula is C24H28N2O3. The topological polar surface area (TPSA) is 60.8 Å². The van der Waals surface area contributed by atoms with Gasteiger partial charge in [0.2, 0.25) is 5.90 Å². The van der Waals surface area contributed by atoms with Crippen LogP contribution in [0, 0.1) is 5.92 Å². The number of nitrogens with zero attached hydrogens (tertiary/aromatic N) is 2. The average Bonchev–Trinajstić information content (AvgIpc) is 3.12. The van der Waals surface area contributed by atoms with Crippen molar-refractivity contribution in [2.75, 3.05) is 13.2 Å². The second-order valence-corrected chi connectivity index (χ2v) is 8.18. The minimum atomic E-state index is 0.133. The van der Waals surface area contributed by atoms with Crippen LogP contribution in [0.3, 0.4) is 0 Å². The zero-order chi connectivity index (χ0) is 20.2. The van der Waals surface area contributed by atoms with Gasteiger partial charge >= 0.3 is 0 Å². The van der Waals surface area contributed by atoms with Crippen molar-refractivity contribution < 1.29 is 14.3 Å². The number of carbonyl (C=O) groups is 1. The highest BCUT2D eigenvalue weighted by Crippen LogP contribution is 2.25. The number of fused-ring (bicyclic) bond motifs is 1. The lowest BCUT2D eigenvalue weighted by atomic mass is 9.94. The molecule has 1 aromatic heterocycles. The van der Waals surface area contributed by atoms with Crippen molar-refractivity contribution in [3.63, 3.8) is 0 Å². The number of pyridine rings is 1. The highest BCUT2D eigenvalue weighted by atomic mass is 16.5. The Morgan fingerprint density at radius 3 is 2.93 bits per heavy atom. The normalized spacial score (nSPS) is 21.9. The number of benzene rings is 1. The van der Waals surface area contributed by atoms with Gasteiger partial charge in [-0.05, 0) is 23.1 Å². The van der Waals surface area contributed by atoms with E-state index < -0.39 is 0 Å². The predicted octanol–water partition coefficient (Wildman–Crippen LogP) is 4.09. The third-order valence-electron chi connectivity index (χ3n) is 5.78. The van der Waals surface area contributed by atoms with E-state index in [4.69, 9.17) is 9.47 Å². The summed E-state index contributed by atoms with van der Waals surface area (Å²) in [6, 6.07) is 12.2. The minimum Gasteiger partial charge on any atom is -0.474 e. The van der Waals surface area contributed by atoms with Crippen molar-refractivity contribution in [1.82, 2.24) is 4.98 Å².